The van der Waals surface area contributed by atoms with E-state index in [1.54, 1.807) is 4.90 Å². The highest BCUT2D eigenvalue weighted by atomic mass is 35.5. The Morgan fingerprint density at radius 2 is 2.15 bits per heavy atom. The van der Waals surface area contributed by atoms with Crippen molar-refractivity contribution in [3.8, 4) is 0 Å². The molecule has 1 saturated heterocycles. The molecule has 0 spiro atoms. The van der Waals surface area contributed by atoms with Crippen molar-refractivity contribution in [2.45, 2.75) is 19.4 Å². The molecule has 1 aromatic carbocycles. The van der Waals surface area contributed by atoms with Crippen molar-refractivity contribution in [2.75, 3.05) is 18.0 Å². The van der Waals surface area contributed by atoms with Gasteiger partial charge in [0, 0.05) is 30.8 Å². The Balaban J connectivity index is 1.50. The van der Waals surface area contributed by atoms with Gasteiger partial charge >= 0.3 is 0 Å². The average molecular weight is 391 g/mol. The van der Waals surface area contributed by atoms with Crippen LogP contribution in [0.4, 0.5) is 10.1 Å². The molecule has 2 aliphatic rings. The number of fused-ring (bicyclic) bond motifs is 1. The first-order valence-corrected chi connectivity index (χ1v) is 8.91. The molecule has 2 aliphatic heterocycles. The molecule has 1 aromatic heterocycles. The maximum atomic E-state index is 13.4. The largest absolute Gasteiger partial charge is 0.336 e. The zero-order chi connectivity index (χ0) is 19.1. The first-order valence-electron chi connectivity index (χ1n) is 8.53. The van der Waals surface area contributed by atoms with Crippen molar-refractivity contribution in [3.05, 3.63) is 57.0 Å². The van der Waals surface area contributed by atoms with Crippen LogP contribution in [0.15, 0.2) is 29.3 Å². The summed E-state index contributed by atoms with van der Waals surface area (Å²) in [5.74, 6) is -1.41. The number of benzene rings is 1. The zero-order valence-electron chi connectivity index (χ0n) is 14.2. The Bertz CT molecular complexity index is 993. The standard InChI is InChI=1S/C18H16ClFN4O3/c19-13-6-11(1-2-14(13)20)24-7-10(5-16(24)25)18(27)23-4-3-12-15(8-23)21-9-22-17(12)26/h1-2,6,9-10H,3-5,7-8H2,(H,21,22,26). The Kier molecular flexibility index (Phi) is 4.43. The number of aromatic nitrogens is 2. The van der Waals surface area contributed by atoms with Crippen molar-refractivity contribution >= 4 is 29.1 Å². The summed E-state index contributed by atoms with van der Waals surface area (Å²) in [5, 5.41) is -0.0704. The van der Waals surface area contributed by atoms with Crippen molar-refractivity contribution in [3.63, 3.8) is 0 Å². The number of carbonyl (C=O) groups is 2. The van der Waals surface area contributed by atoms with E-state index in [2.05, 4.69) is 9.97 Å². The minimum Gasteiger partial charge on any atom is -0.336 e. The molecule has 1 N–H and O–H groups in total. The predicted molar refractivity (Wildman–Crippen MR) is 95.8 cm³/mol. The van der Waals surface area contributed by atoms with E-state index in [4.69, 9.17) is 11.6 Å². The molecule has 3 heterocycles. The number of H-pyrrole nitrogens is 1. The molecule has 0 bridgehead atoms. The number of nitrogens with zero attached hydrogens (tertiary/aromatic N) is 3. The van der Waals surface area contributed by atoms with Gasteiger partial charge < -0.3 is 14.8 Å². The second kappa shape index (κ2) is 6.77. The van der Waals surface area contributed by atoms with E-state index < -0.39 is 11.7 Å². The lowest BCUT2D eigenvalue weighted by molar-refractivity contribution is -0.136. The first kappa shape index (κ1) is 17.7. The minimum absolute atomic E-state index is 0.0704. The highest BCUT2D eigenvalue weighted by Crippen LogP contribution is 2.30. The molecule has 140 valence electrons. The molecule has 2 aromatic rings. The van der Waals surface area contributed by atoms with Gasteiger partial charge in [0.15, 0.2) is 0 Å². The van der Waals surface area contributed by atoms with Gasteiger partial charge in [-0.05, 0) is 24.6 Å². The Morgan fingerprint density at radius 3 is 2.93 bits per heavy atom. The lowest BCUT2D eigenvalue weighted by Gasteiger charge is -2.29. The zero-order valence-corrected chi connectivity index (χ0v) is 15.0. The van der Waals surface area contributed by atoms with Crippen LogP contribution in [0.25, 0.3) is 0 Å². The molecule has 9 heteroatoms. The number of anilines is 1. The van der Waals surface area contributed by atoms with Gasteiger partial charge in [0.05, 0.1) is 29.5 Å². The van der Waals surface area contributed by atoms with Crippen LogP contribution in [0.3, 0.4) is 0 Å². The number of carbonyl (C=O) groups excluding carboxylic acids is 2. The van der Waals surface area contributed by atoms with Crippen LogP contribution in [-0.2, 0) is 22.6 Å². The summed E-state index contributed by atoms with van der Waals surface area (Å²) in [7, 11) is 0. The molecule has 0 aliphatic carbocycles. The summed E-state index contributed by atoms with van der Waals surface area (Å²) >= 11 is 5.80. The monoisotopic (exact) mass is 390 g/mol. The summed E-state index contributed by atoms with van der Waals surface area (Å²) in [4.78, 5) is 46.8. The second-order valence-corrected chi connectivity index (χ2v) is 7.08. The highest BCUT2D eigenvalue weighted by molar-refractivity contribution is 6.31. The molecule has 4 rings (SSSR count). The van der Waals surface area contributed by atoms with Crippen LogP contribution in [0.1, 0.15) is 17.7 Å². The molecule has 2 amide bonds. The molecule has 27 heavy (non-hydrogen) atoms. The maximum absolute atomic E-state index is 13.4. The lowest BCUT2D eigenvalue weighted by Crippen LogP contribution is -2.42. The van der Waals surface area contributed by atoms with Gasteiger partial charge in [0.1, 0.15) is 5.82 Å². The Hall–Kier alpha value is -2.74. The van der Waals surface area contributed by atoms with Gasteiger partial charge in [0.25, 0.3) is 5.56 Å². The molecule has 1 fully saturated rings. The third-order valence-electron chi connectivity index (χ3n) is 5.01. The molecule has 0 radical (unpaired) electrons. The summed E-state index contributed by atoms with van der Waals surface area (Å²) in [5.41, 5.74) is 1.48. The number of amides is 2. The van der Waals surface area contributed by atoms with Crippen LogP contribution in [0.5, 0.6) is 0 Å². The lowest BCUT2D eigenvalue weighted by atomic mass is 10.0. The summed E-state index contributed by atoms with van der Waals surface area (Å²) in [6.45, 7) is 0.880. The van der Waals surface area contributed by atoms with Crippen molar-refractivity contribution in [2.24, 2.45) is 5.92 Å². The van der Waals surface area contributed by atoms with E-state index >= 15 is 0 Å². The number of aromatic amines is 1. The SMILES string of the molecule is O=C(C1CC(=O)N(c2ccc(F)c(Cl)c2)C1)N1CCc2c(nc[nH]c2=O)C1. The number of hydrogen-bond acceptors (Lipinski definition) is 4. The van der Waals surface area contributed by atoms with Crippen molar-refractivity contribution in [1.82, 2.24) is 14.9 Å². The average Bonchev–Trinajstić information content (AvgIpc) is 3.05. The Morgan fingerprint density at radius 1 is 1.33 bits per heavy atom. The molecule has 1 unspecified atom stereocenters. The van der Waals surface area contributed by atoms with Gasteiger partial charge in [-0.3, -0.25) is 14.4 Å². The molecule has 0 saturated carbocycles. The smallest absolute Gasteiger partial charge is 0.254 e. The third kappa shape index (κ3) is 3.21. The molecule has 1 atom stereocenters. The van der Waals surface area contributed by atoms with Crippen molar-refractivity contribution < 1.29 is 14.0 Å². The van der Waals surface area contributed by atoms with Gasteiger partial charge in [-0.1, -0.05) is 11.6 Å². The first-order chi connectivity index (χ1) is 12.9. The summed E-state index contributed by atoms with van der Waals surface area (Å²) < 4.78 is 13.4. The third-order valence-corrected chi connectivity index (χ3v) is 5.30. The predicted octanol–water partition coefficient (Wildman–Crippen LogP) is 1.50. The van der Waals surface area contributed by atoms with E-state index in [1.807, 2.05) is 0 Å². The van der Waals surface area contributed by atoms with Crippen LogP contribution < -0.4 is 10.5 Å². The van der Waals surface area contributed by atoms with E-state index in [0.717, 1.165) is 0 Å². The van der Waals surface area contributed by atoms with Crippen LogP contribution in [0.2, 0.25) is 5.02 Å². The Labute approximate surface area is 158 Å². The molecule has 7 nitrogen and oxygen atoms in total. The quantitative estimate of drug-likeness (QED) is 0.842. The minimum atomic E-state index is -0.561. The molecular weight excluding hydrogens is 375 g/mol. The number of halogens is 2. The number of rotatable bonds is 2. The van der Waals surface area contributed by atoms with E-state index in [0.29, 0.717) is 29.9 Å². The fourth-order valence-electron chi connectivity index (χ4n) is 3.59. The van der Waals surface area contributed by atoms with Gasteiger partial charge in [-0.2, -0.15) is 0 Å². The van der Waals surface area contributed by atoms with E-state index in [9.17, 15) is 18.8 Å². The topological polar surface area (TPSA) is 86.4 Å². The normalized spacial score (nSPS) is 19.3. The summed E-state index contributed by atoms with van der Waals surface area (Å²) in [6.07, 6.45) is 1.84. The van der Waals surface area contributed by atoms with Gasteiger partial charge in [0.2, 0.25) is 11.8 Å². The van der Waals surface area contributed by atoms with E-state index in [1.165, 1.54) is 29.4 Å². The fourth-order valence-corrected chi connectivity index (χ4v) is 3.76. The number of nitrogens with one attached hydrogen (secondary N) is 1. The van der Waals surface area contributed by atoms with Crippen LogP contribution >= 0.6 is 11.6 Å². The van der Waals surface area contributed by atoms with Gasteiger partial charge in [-0.25, -0.2) is 9.37 Å². The van der Waals surface area contributed by atoms with E-state index in [-0.39, 0.29) is 41.9 Å². The van der Waals surface area contributed by atoms with Gasteiger partial charge in [-0.15, -0.1) is 0 Å². The van der Waals surface area contributed by atoms with Crippen LogP contribution in [-0.4, -0.2) is 39.8 Å². The van der Waals surface area contributed by atoms with Crippen molar-refractivity contribution in [1.29, 1.82) is 0 Å². The summed E-state index contributed by atoms with van der Waals surface area (Å²) in [6, 6.07) is 4.05. The number of hydrogen-bond donors (Lipinski definition) is 1. The fraction of sp³-hybridized carbons (Fsp3) is 0.333. The second-order valence-electron chi connectivity index (χ2n) is 6.67. The molecular formula is C18H16ClFN4O3. The maximum Gasteiger partial charge on any atom is 0.254 e. The van der Waals surface area contributed by atoms with Crippen LogP contribution in [0, 0.1) is 11.7 Å². The highest BCUT2D eigenvalue weighted by Gasteiger charge is 2.38.